The van der Waals surface area contributed by atoms with Crippen molar-refractivity contribution in [2.45, 2.75) is 0 Å². The molecule has 0 aliphatic rings. The van der Waals surface area contributed by atoms with Gasteiger partial charge in [0.2, 0.25) is 0 Å². The number of phenolic OH excluding ortho intramolecular Hbond substituents is 1. The first-order valence-corrected chi connectivity index (χ1v) is 8.84. The number of benzene rings is 3. The molecule has 0 unspecified atom stereocenters. The molecule has 0 aliphatic carbocycles. The van der Waals surface area contributed by atoms with Crippen molar-refractivity contribution in [3.63, 3.8) is 0 Å². The number of hydrogen-bond acceptors (Lipinski definition) is 5. The number of nitro groups is 1. The van der Waals surface area contributed by atoms with Crippen LogP contribution in [0.3, 0.4) is 0 Å². The van der Waals surface area contributed by atoms with Gasteiger partial charge in [0.15, 0.2) is 0 Å². The highest BCUT2D eigenvalue weighted by molar-refractivity contribution is 9.10. The molecule has 1 N–H and O–H groups in total. The van der Waals surface area contributed by atoms with Crippen LogP contribution in [-0.4, -0.2) is 16.2 Å². The van der Waals surface area contributed by atoms with Crippen molar-refractivity contribution >= 4 is 45.1 Å². The molecule has 0 spiro atoms. The maximum Gasteiger partial charge on any atom is 0.271 e. The number of aromatic hydroxyl groups is 1. The summed E-state index contributed by atoms with van der Waals surface area (Å²) in [6, 6.07) is 16.4. The second-order valence-electron chi connectivity index (χ2n) is 5.43. The van der Waals surface area contributed by atoms with Gasteiger partial charge in [-0.1, -0.05) is 17.7 Å². The largest absolute Gasteiger partial charge is 0.506 e. The molecule has 0 radical (unpaired) electrons. The van der Waals surface area contributed by atoms with Crippen LogP contribution in [0.25, 0.3) is 0 Å². The van der Waals surface area contributed by atoms with Gasteiger partial charge in [-0.3, -0.25) is 15.1 Å². The monoisotopic (exact) mass is 446 g/mol. The molecule has 136 valence electrons. The van der Waals surface area contributed by atoms with Gasteiger partial charge in [-0.15, -0.1) is 0 Å². The second kappa shape index (κ2) is 8.20. The standard InChI is InChI=1S/C19H12BrClN2O4/c20-18-10-15(23(25)26)8-12(19(18)24)11-22-14-4-6-16(7-5-14)27-17-3-1-2-13(21)9-17/h1-11,24H. The fourth-order valence-electron chi connectivity index (χ4n) is 2.22. The van der Waals surface area contributed by atoms with E-state index >= 15 is 0 Å². The molecule has 0 aromatic heterocycles. The molecule has 0 heterocycles. The lowest BCUT2D eigenvalue weighted by atomic mass is 10.2. The molecule has 0 bridgehead atoms. The third-order valence-corrected chi connectivity index (χ3v) is 4.35. The lowest BCUT2D eigenvalue weighted by molar-refractivity contribution is -0.385. The van der Waals surface area contributed by atoms with Gasteiger partial charge in [0.1, 0.15) is 17.2 Å². The molecule has 0 atom stereocenters. The van der Waals surface area contributed by atoms with E-state index in [1.54, 1.807) is 48.5 Å². The van der Waals surface area contributed by atoms with Crippen molar-refractivity contribution in [1.82, 2.24) is 0 Å². The van der Waals surface area contributed by atoms with Crippen molar-refractivity contribution in [3.8, 4) is 17.2 Å². The van der Waals surface area contributed by atoms with E-state index in [0.717, 1.165) is 0 Å². The minimum Gasteiger partial charge on any atom is -0.506 e. The van der Waals surface area contributed by atoms with Gasteiger partial charge in [-0.25, -0.2) is 0 Å². The smallest absolute Gasteiger partial charge is 0.271 e. The summed E-state index contributed by atoms with van der Waals surface area (Å²) in [6.07, 6.45) is 1.36. The third-order valence-electron chi connectivity index (χ3n) is 3.51. The molecular weight excluding hydrogens is 436 g/mol. The topological polar surface area (TPSA) is 85.0 Å². The van der Waals surface area contributed by atoms with Crippen LogP contribution >= 0.6 is 27.5 Å². The van der Waals surface area contributed by atoms with E-state index < -0.39 is 4.92 Å². The van der Waals surface area contributed by atoms with E-state index in [1.165, 1.54) is 18.3 Å². The first-order chi connectivity index (χ1) is 12.9. The number of aliphatic imine (C=N–C) groups is 1. The molecule has 3 aromatic carbocycles. The Bertz CT molecular complexity index is 1020. The number of non-ortho nitro benzene ring substituents is 1. The maximum absolute atomic E-state index is 10.9. The summed E-state index contributed by atoms with van der Waals surface area (Å²) < 4.78 is 5.92. The normalized spacial score (nSPS) is 10.9. The molecule has 3 aromatic rings. The van der Waals surface area contributed by atoms with Crippen LogP contribution in [0.1, 0.15) is 5.56 Å². The molecule has 0 fully saturated rings. The molecule has 0 saturated carbocycles. The summed E-state index contributed by atoms with van der Waals surface area (Å²) in [5.74, 6) is 1.10. The fourth-order valence-corrected chi connectivity index (χ4v) is 2.86. The number of nitrogens with zero attached hydrogens (tertiary/aromatic N) is 2. The number of nitro benzene ring substituents is 1. The molecule has 0 saturated heterocycles. The lowest BCUT2D eigenvalue weighted by Crippen LogP contribution is -1.91. The van der Waals surface area contributed by atoms with E-state index in [0.29, 0.717) is 22.2 Å². The third kappa shape index (κ3) is 4.84. The second-order valence-corrected chi connectivity index (χ2v) is 6.72. The SMILES string of the molecule is O=[N+]([O-])c1cc(Br)c(O)c(C=Nc2ccc(Oc3cccc(Cl)c3)cc2)c1. The summed E-state index contributed by atoms with van der Waals surface area (Å²) in [5.41, 5.74) is 0.678. The van der Waals surface area contributed by atoms with Crippen molar-refractivity contribution in [2.24, 2.45) is 4.99 Å². The summed E-state index contributed by atoms with van der Waals surface area (Å²) in [6.45, 7) is 0. The Morgan fingerprint density at radius 1 is 1.11 bits per heavy atom. The summed E-state index contributed by atoms with van der Waals surface area (Å²) in [4.78, 5) is 14.6. The van der Waals surface area contributed by atoms with Crippen LogP contribution in [0.5, 0.6) is 17.2 Å². The van der Waals surface area contributed by atoms with Gasteiger partial charge in [0.05, 0.1) is 15.1 Å². The summed E-state index contributed by atoms with van der Waals surface area (Å²) in [7, 11) is 0. The van der Waals surface area contributed by atoms with E-state index in [-0.39, 0.29) is 21.5 Å². The van der Waals surface area contributed by atoms with Gasteiger partial charge >= 0.3 is 0 Å². The Balaban J connectivity index is 1.77. The molecule has 0 aliphatic heterocycles. The zero-order chi connectivity index (χ0) is 19.4. The number of ether oxygens (including phenoxy) is 1. The van der Waals surface area contributed by atoms with Gasteiger partial charge in [0, 0.05) is 28.9 Å². The zero-order valence-corrected chi connectivity index (χ0v) is 16.0. The molecular formula is C19H12BrClN2O4. The van der Waals surface area contributed by atoms with E-state index in [2.05, 4.69) is 20.9 Å². The number of phenols is 1. The summed E-state index contributed by atoms with van der Waals surface area (Å²) >= 11 is 9.02. The Morgan fingerprint density at radius 3 is 2.52 bits per heavy atom. The van der Waals surface area contributed by atoms with E-state index in [4.69, 9.17) is 16.3 Å². The minimum absolute atomic E-state index is 0.120. The van der Waals surface area contributed by atoms with Gasteiger partial charge in [0.25, 0.3) is 5.69 Å². The number of rotatable bonds is 5. The minimum atomic E-state index is -0.538. The van der Waals surface area contributed by atoms with Crippen LogP contribution in [-0.2, 0) is 0 Å². The van der Waals surface area contributed by atoms with Gasteiger partial charge in [-0.2, -0.15) is 0 Å². The molecule has 8 heteroatoms. The molecule has 27 heavy (non-hydrogen) atoms. The Morgan fingerprint density at radius 2 is 1.85 bits per heavy atom. The highest BCUT2D eigenvalue weighted by Crippen LogP contribution is 2.32. The van der Waals surface area contributed by atoms with Crippen LogP contribution in [0.2, 0.25) is 5.02 Å². The molecule has 3 rings (SSSR count). The molecule has 0 amide bonds. The Kier molecular flexibility index (Phi) is 5.73. The van der Waals surface area contributed by atoms with Crippen molar-refractivity contribution in [2.75, 3.05) is 0 Å². The number of halogens is 2. The van der Waals surface area contributed by atoms with Crippen LogP contribution in [0.15, 0.2) is 70.1 Å². The Hall–Kier alpha value is -2.90. The van der Waals surface area contributed by atoms with Crippen molar-refractivity contribution in [3.05, 3.63) is 85.8 Å². The quantitative estimate of drug-likeness (QED) is 0.284. The maximum atomic E-state index is 10.9. The average molecular weight is 448 g/mol. The van der Waals surface area contributed by atoms with Crippen molar-refractivity contribution in [1.29, 1.82) is 0 Å². The van der Waals surface area contributed by atoms with Crippen LogP contribution < -0.4 is 4.74 Å². The Labute approximate surface area is 168 Å². The predicted octanol–water partition coefficient (Wildman–Crippen LogP) is 6.26. The number of hydrogen-bond donors (Lipinski definition) is 1. The van der Waals surface area contributed by atoms with Crippen LogP contribution in [0, 0.1) is 10.1 Å². The highest BCUT2D eigenvalue weighted by Gasteiger charge is 2.13. The van der Waals surface area contributed by atoms with E-state index in [1.807, 2.05) is 0 Å². The lowest BCUT2D eigenvalue weighted by Gasteiger charge is -2.06. The highest BCUT2D eigenvalue weighted by atomic mass is 79.9. The van der Waals surface area contributed by atoms with Gasteiger partial charge < -0.3 is 9.84 Å². The van der Waals surface area contributed by atoms with E-state index in [9.17, 15) is 15.2 Å². The van der Waals surface area contributed by atoms with Crippen molar-refractivity contribution < 1.29 is 14.8 Å². The van der Waals surface area contributed by atoms with Crippen LogP contribution in [0.4, 0.5) is 11.4 Å². The first-order valence-electron chi connectivity index (χ1n) is 7.67. The fraction of sp³-hybridized carbons (Fsp3) is 0. The first kappa shape index (κ1) is 18.9. The predicted molar refractivity (Wildman–Crippen MR) is 108 cm³/mol. The average Bonchev–Trinajstić information content (AvgIpc) is 2.64. The zero-order valence-electron chi connectivity index (χ0n) is 13.7. The van der Waals surface area contributed by atoms with Gasteiger partial charge in [-0.05, 0) is 58.4 Å². The molecule has 6 nitrogen and oxygen atoms in total. The summed E-state index contributed by atoms with van der Waals surface area (Å²) in [5, 5.41) is 21.5.